The van der Waals surface area contributed by atoms with Crippen LogP contribution in [-0.2, 0) is 6.42 Å². The third-order valence-electron chi connectivity index (χ3n) is 4.17. The number of rotatable bonds is 5. The third kappa shape index (κ3) is 3.14. The van der Waals surface area contributed by atoms with Crippen LogP contribution in [0.5, 0.6) is 0 Å². The van der Waals surface area contributed by atoms with Gasteiger partial charge in [0, 0.05) is 25.6 Å². The van der Waals surface area contributed by atoms with E-state index in [0.717, 1.165) is 31.6 Å². The lowest BCUT2D eigenvalue weighted by molar-refractivity contribution is 0.0695. The van der Waals surface area contributed by atoms with Crippen LogP contribution in [0, 0.1) is 0 Å². The van der Waals surface area contributed by atoms with E-state index in [-0.39, 0.29) is 0 Å². The van der Waals surface area contributed by atoms with Gasteiger partial charge in [0.25, 0.3) is 0 Å². The van der Waals surface area contributed by atoms with Crippen LogP contribution in [0.2, 0.25) is 0 Å². The molecule has 0 saturated carbocycles. The van der Waals surface area contributed by atoms with Gasteiger partial charge in [-0.3, -0.25) is 0 Å². The summed E-state index contributed by atoms with van der Waals surface area (Å²) in [6, 6.07) is 17.9. The molecule has 0 amide bonds. The molecule has 1 aliphatic rings. The first-order valence-electron chi connectivity index (χ1n) is 7.32. The predicted octanol–water partition coefficient (Wildman–Crippen LogP) is 3.03. The molecule has 3 nitrogen and oxygen atoms in total. The zero-order valence-electron chi connectivity index (χ0n) is 11.9. The van der Waals surface area contributed by atoms with Crippen molar-refractivity contribution in [2.24, 2.45) is 0 Å². The highest BCUT2D eigenvalue weighted by Crippen LogP contribution is 2.26. The summed E-state index contributed by atoms with van der Waals surface area (Å²) in [6.45, 7) is 3.06. The van der Waals surface area contributed by atoms with Crippen LogP contribution in [0.3, 0.4) is 0 Å². The molecule has 1 heterocycles. The third-order valence-corrected chi connectivity index (χ3v) is 4.17. The molecule has 2 aromatic rings. The molecule has 3 heteroatoms. The van der Waals surface area contributed by atoms with Gasteiger partial charge in [-0.1, -0.05) is 48.5 Å². The molecular formula is C18H19NO2. The number of nitrogens with zero attached hydrogens (tertiary/aromatic N) is 1. The van der Waals surface area contributed by atoms with Crippen LogP contribution in [0.25, 0.3) is 0 Å². The van der Waals surface area contributed by atoms with E-state index in [9.17, 15) is 9.90 Å². The van der Waals surface area contributed by atoms with E-state index in [1.54, 1.807) is 12.1 Å². The van der Waals surface area contributed by atoms with E-state index in [1.807, 2.05) is 18.2 Å². The maximum absolute atomic E-state index is 11.2. The van der Waals surface area contributed by atoms with Crippen molar-refractivity contribution in [3.63, 3.8) is 0 Å². The molecule has 0 aliphatic carbocycles. The molecule has 0 radical (unpaired) electrons. The number of hydrogen-bond donors (Lipinski definition) is 1. The molecule has 1 saturated heterocycles. The first kappa shape index (κ1) is 13.8. The fourth-order valence-electron chi connectivity index (χ4n) is 2.91. The van der Waals surface area contributed by atoms with Crippen molar-refractivity contribution in [3.05, 3.63) is 71.3 Å². The van der Waals surface area contributed by atoms with Gasteiger partial charge < -0.3 is 10.0 Å². The molecule has 108 valence electrons. The Labute approximate surface area is 124 Å². The van der Waals surface area contributed by atoms with Gasteiger partial charge in [-0.25, -0.2) is 4.79 Å². The highest BCUT2D eigenvalue weighted by atomic mass is 16.4. The van der Waals surface area contributed by atoms with Gasteiger partial charge in [0.05, 0.1) is 5.56 Å². The minimum absolute atomic E-state index is 0.428. The summed E-state index contributed by atoms with van der Waals surface area (Å²) in [6.07, 6.45) is 0.796. The van der Waals surface area contributed by atoms with Crippen molar-refractivity contribution in [2.45, 2.75) is 12.3 Å². The van der Waals surface area contributed by atoms with E-state index in [0.29, 0.717) is 11.5 Å². The van der Waals surface area contributed by atoms with Crippen molar-refractivity contribution in [2.75, 3.05) is 19.6 Å². The lowest BCUT2D eigenvalue weighted by atomic mass is 9.91. The highest BCUT2D eigenvalue weighted by Gasteiger charge is 2.27. The number of aromatic carboxylic acids is 1. The topological polar surface area (TPSA) is 40.5 Å². The highest BCUT2D eigenvalue weighted by molar-refractivity contribution is 5.89. The van der Waals surface area contributed by atoms with Crippen LogP contribution >= 0.6 is 0 Å². The second-order valence-corrected chi connectivity index (χ2v) is 5.58. The Morgan fingerprint density at radius 3 is 2.43 bits per heavy atom. The Balaban J connectivity index is 1.53. The molecule has 21 heavy (non-hydrogen) atoms. The number of carboxylic acid groups (broad SMARTS) is 1. The summed E-state index contributed by atoms with van der Waals surface area (Å²) in [5, 5.41) is 9.18. The maximum atomic E-state index is 11.2. The Morgan fingerprint density at radius 1 is 1.05 bits per heavy atom. The largest absolute Gasteiger partial charge is 0.478 e. The van der Waals surface area contributed by atoms with E-state index >= 15 is 0 Å². The van der Waals surface area contributed by atoms with E-state index < -0.39 is 5.97 Å². The van der Waals surface area contributed by atoms with Gasteiger partial charge in [-0.2, -0.15) is 0 Å². The first-order valence-corrected chi connectivity index (χ1v) is 7.32. The molecule has 1 fully saturated rings. The Kier molecular flexibility index (Phi) is 4.02. The lowest BCUT2D eigenvalue weighted by Crippen LogP contribution is -2.45. The van der Waals surface area contributed by atoms with Gasteiger partial charge in [-0.15, -0.1) is 0 Å². The first-order chi connectivity index (χ1) is 10.2. The number of likely N-dealkylation sites (tertiary alicyclic amines) is 1. The summed E-state index contributed by atoms with van der Waals surface area (Å²) < 4.78 is 0. The number of carboxylic acids is 1. The molecule has 0 unspecified atom stereocenters. The molecule has 2 aromatic carbocycles. The van der Waals surface area contributed by atoms with E-state index in [1.165, 1.54) is 5.56 Å². The standard InChI is InChI=1S/C18H19NO2/c20-18(21)17-9-5-4-8-15(17)10-11-19-12-16(13-19)14-6-2-1-3-7-14/h1-9,16H,10-13H2,(H,20,21). The van der Waals surface area contributed by atoms with Gasteiger partial charge >= 0.3 is 5.97 Å². The van der Waals surface area contributed by atoms with Crippen LogP contribution in [0.1, 0.15) is 27.4 Å². The molecular weight excluding hydrogens is 262 g/mol. The second-order valence-electron chi connectivity index (χ2n) is 5.58. The lowest BCUT2D eigenvalue weighted by Gasteiger charge is -2.39. The zero-order valence-corrected chi connectivity index (χ0v) is 11.9. The summed E-state index contributed by atoms with van der Waals surface area (Å²) in [5.41, 5.74) is 2.76. The van der Waals surface area contributed by atoms with Crippen molar-refractivity contribution in [1.29, 1.82) is 0 Å². The maximum Gasteiger partial charge on any atom is 0.335 e. The van der Waals surface area contributed by atoms with Crippen LogP contribution in [0.4, 0.5) is 0 Å². The Bertz CT molecular complexity index is 618. The summed E-state index contributed by atoms with van der Waals surface area (Å²) in [7, 11) is 0. The quantitative estimate of drug-likeness (QED) is 0.916. The minimum atomic E-state index is -0.837. The van der Waals surface area contributed by atoms with Gasteiger partial charge in [0.1, 0.15) is 0 Å². The second kappa shape index (κ2) is 6.10. The van der Waals surface area contributed by atoms with Crippen molar-refractivity contribution in [3.8, 4) is 0 Å². The molecule has 0 atom stereocenters. The number of hydrogen-bond acceptors (Lipinski definition) is 2. The SMILES string of the molecule is O=C(O)c1ccccc1CCN1CC(c2ccccc2)C1. The van der Waals surface area contributed by atoms with Gasteiger partial charge in [0.15, 0.2) is 0 Å². The summed E-state index contributed by atoms with van der Waals surface area (Å²) in [5.74, 6) is -0.211. The predicted molar refractivity (Wildman–Crippen MR) is 82.7 cm³/mol. The van der Waals surface area contributed by atoms with Crippen molar-refractivity contribution >= 4 is 5.97 Å². The van der Waals surface area contributed by atoms with Crippen molar-refractivity contribution < 1.29 is 9.90 Å². The molecule has 0 bridgehead atoms. The normalized spacial score (nSPS) is 15.6. The molecule has 1 N–H and O–H groups in total. The molecule has 3 rings (SSSR count). The monoisotopic (exact) mass is 281 g/mol. The number of carbonyl (C=O) groups is 1. The van der Waals surface area contributed by atoms with Crippen LogP contribution < -0.4 is 0 Å². The van der Waals surface area contributed by atoms with Crippen LogP contribution in [0.15, 0.2) is 54.6 Å². The Hall–Kier alpha value is -2.13. The minimum Gasteiger partial charge on any atom is -0.478 e. The zero-order chi connectivity index (χ0) is 14.7. The van der Waals surface area contributed by atoms with Gasteiger partial charge in [-0.05, 0) is 23.6 Å². The molecule has 1 aliphatic heterocycles. The fourth-order valence-corrected chi connectivity index (χ4v) is 2.91. The average Bonchev–Trinajstić information content (AvgIpc) is 2.47. The number of benzene rings is 2. The summed E-state index contributed by atoms with van der Waals surface area (Å²) >= 11 is 0. The van der Waals surface area contributed by atoms with Gasteiger partial charge in [0.2, 0.25) is 0 Å². The average molecular weight is 281 g/mol. The smallest absolute Gasteiger partial charge is 0.335 e. The molecule has 0 aromatic heterocycles. The summed E-state index contributed by atoms with van der Waals surface area (Å²) in [4.78, 5) is 13.6. The van der Waals surface area contributed by atoms with Crippen LogP contribution in [-0.4, -0.2) is 35.6 Å². The molecule has 0 spiro atoms. The van der Waals surface area contributed by atoms with Crippen molar-refractivity contribution in [1.82, 2.24) is 4.90 Å². The fraction of sp³-hybridized carbons (Fsp3) is 0.278. The van der Waals surface area contributed by atoms with E-state index in [4.69, 9.17) is 0 Å². The Morgan fingerprint density at radius 2 is 1.71 bits per heavy atom. The van der Waals surface area contributed by atoms with E-state index in [2.05, 4.69) is 29.2 Å².